The van der Waals surface area contributed by atoms with E-state index in [1.165, 1.54) is 4.68 Å². The van der Waals surface area contributed by atoms with Crippen molar-refractivity contribution >= 4 is 5.71 Å². The normalized spacial score (nSPS) is 11.7. The number of aryl methyl sites for hydroxylation is 2. The zero-order chi connectivity index (χ0) is 16.4. The number of aromatic nitrogens is 2. The van der Waals surface area contributed by atoms with Gasteiger partial charge < -0.3 is 5.21 Å². The summed E-state index contributed by atoms with van der Waals surface area (Å²) < 4.78 is 1.45. The molecule has 0 saturated heterocycles. The average molecular weight is 307 g/mol. The fourth-order valence-corrected chi connectivity index (χ4v) is 2.55. The van der Waals surface area contributed by atoms with Crippen molar-refractivity contribution in [3.05, 3.63) is 87.3 Å². The van der Waals surface area contributed by atoms with Crippen LogP contribution in [0.25, 0.3) is 5.69 Å². The first kappa shape index (κ1) is 14.8. The first-order valence-corrected chi connectivity index (χ1v) is 7.28. The minimum absolute atomic E-state index is 0.248. The van der Waals surface area contributed by atoms with E-state index in [9.17, 15) is 10.0 Å². The summed E-state index contributed by atoms with van der Waals surface area (Å²) in [6, 6.07) is 16.8. The van der Waals surface area contributed by atoms with Crippen LogP contribution in [-0.4, -0.2) is 20.7 Å². The number of hydrogen-bond acceptors (Lipinski definition) is 3. The van der Waals surface area contributed by atoms with Gasteiger partial charge in [-0.05, 0) is 26.0 Å². The number of H-pyrrole nitrogens is 1. The molecule has 2 aromatic carbocycles. The topological polar surface area (TPSA) is 70.4 Å². The number of benzene rings is 2. The van der Waals surface area contributed by atoms with E-state index in [0.29, 0.717) is 16.8 Å². The zero-order valence-corrected chi connectivity index (χ0v) is 12.9. The third-order valence-corrected chi connectivity index (χ3v) is 3.75. The van der Waals surface area contributed by atoms with Gasteiger partial charge in [-0.25, -0.2) is 4.68 Å². The quantitative estimate of drug-likeness (QED) is 0.443. The molecule has 0 saturated carbocycles. The lowest BCUT2D eigenvalue weighted by atomic mass is 10.0. The van der Waals surface area contributed by atoms with Gasteiger partial charge in [0.25, 0.3) is 5.56 Å². The molecular formula is C18H17N3O2. The first-order chi connectivity index (χ1) is 11.1. The summed E-state index contributed by atoms with van der Waals surface area (Å²) in [5.74, 6) is 0. The van der Waals surface area contributed by atoms with E-state index in [1.54, 1.807) is 6.92 Å². The Morgan fingerprint density at radius 2 is 1.70 bits per heavy atom. The van der Waals surface area contributed by atoms with Crippen molar-refractivity contribution in [1.82, 2.24) is 9.78 Å². The van der Waals surface area contributed by atoms with Gasteiger partial charge in [-0.15, -0.1) is 0 Å². The van der Waals surface area contributed by atoms with E-state index in [-0.39, 0.29) is 11.3 Å². The Kier molecular flexibility index (Phi) is 3.85. The predicted molar refractivity (Wildman–Crippen MR) is 89.7 cm³/mol. The predicted octanol–water partition coefficient (Wildman–Crippen LogP) is 3.01. The molecule has 116 valence electrons. The highest BCUT2D eigenvalue weighted by Gasteiger charge is 2.19. The Morgan fingerprint density at radius 3 is 2.30 bits per heavy atom. The van der Waals surface area contributed by atoms with E-state index in [2.05, 4.69) is 10.3 Å². The monoisotopic (exact) mass is 307 g/mol. The van der Waals surface area contributed by atoms with Crippen molar-refractivity contribution in [2.75, 3.05) is 0 Å². The Labute approximate surface area is 133 Å². The van der Waals surface area contributed by atoms with Crippen molar-refractivity contribution in [1.29, 1.82) is 0 Å². The molecule has 1 heterocycles. The number of nitrogens with one attached hydrogen (secondary N) is 1. The molecule has 0 radical (unpaired) electrons. The molecule has 0 spiro atoms. The van der Waals surface area contributed by atoms with Crippen LogP contribution < -0.4 is 5.56 Å². The van der Waals surface area contributed by atoms with Crippen molar-refractivity contribution in [2.45, 2.75) is 13.8 Å². The smallest absolute Gasteiger partial charge is 0.281 e. The van der Waals surface area contributed by atoms with E-state index in [1.807, 2.05) is 61.5 Å². The third kappa shape index (κ3) is 2.68. The molecule has 0 aliphatic heterocycles. The molecule has 2 N–H and O–H groups in total. The van der Waals surface area contributed by atoms with Gasteiger partial charge >= 0.3 is 0 Å². The summed E-state index contributed by atoms with van der Waals surface area (Å²) in [5, 5.41) is 15.9. The zero-order valence-electron chi connectivity index (χ0n) is 12.9. The molecule has 0 aliphatic rings. The maximum atomic E-state index is 12.8. The fraction of sp³-hybridized carbons (Fsp3) is 0.111. The minimum Gasteiger partial charge on any atom is -0.410 e. The Balaban J connectivity index is 2.15. The fourth-order valence-electron chi connectivity index (χ4n) is 2.55. The van der Waals surface area contributed by atoms with Crippen LogP contribution in [0.4, 0.5) is 0 Å². The Bertz CT molecular complexity index is 904. The largest absolute Gasteiger partial charge is 0.410 e. The molecule has 0 amide bonds. The number of aromatic amines is 1. The van der Waals surface area contributed by atoms with Crippen LogP contribution in [0.5, 0.6) is 0 Å². The maximum absolute atomic E-state index is 12.8. The second-order valence-corrected chi connectivity index (χ2v) is 5.40. The minimum atomic E-state index is -0.248. The lowest BCUT2D eigenvalue weighted by Gasteiger charge is -2.03. The SMILES string of the molecule is Cc1ccc(/C(=N/O)c2c(C)[nH]n(-c3ccccc3)c2=O)cc1. The van der Waals surface area contributed by atoms with Gasteiger partial charge in [0.2, 0.25) is 0 Å². The molecule has 3 aromatic rings. The highest BCUT2D eigenvalue weighted by atomic mass is 16.4. The van der Waals surface area contributed by atoms with Crippen LogP contribution in [0.3, 0.4) is 0 Å². The summed E-state index contributed by atoms with van der Waals surface area (Å²) in [5.41, 5.74) is 3.54. The van der Waals surface area contributed by atoms with Gasteiger partial charge in [0, 0.05) is 11.3 Å². The molecule has 0 atom stereocenters. The van der Waals surface area contributed by atoms with Crippen LogP contribution in [-0.2, 0) is 0 Å². The number of rotatable bonds is 3. The van der Waals surface area contributed by atoms with E-state index in [4.69, 9.17) is 0 Å². The van der Waals surface area contributed by atoms with Crippen molar-refractivity contribution in [2.24, 2.45) is 5.16 Å². The molecule has 0 aliphatic carbocycles. The van der Waals surface area contributed by atoms with Crippen LogP contribution in [0.15, 0.2) is 64.5 Å². The van der Waals surface area contributed by atoms with Crippen LogP contribution in [0.2, 0.25) is 0 Å². The maximum Gasteiger partial charge on any atom is 0.281 e. The van der Waals surface area contributed by atoms with Crippen molar-refractivity contribution < 1.29 is 5.21 Å². The van der Waals surface area contributed by atoms with Crippen LogP contribution in [0, 0.1) is 13.8 Å². The lowest BCUT2D eigenvalue weighted by Crippen LogP contribution is -2.21. The lowest BCUT2D eigenvalue weighted by molar-refractivity contribution is 0.319. The van der Waals surface area contributed by atoms with Gasteiger partial charge in [-0.1, -0.05) is 53.2 Å². The number of hydrogen-bond donors (Lipinski definition) is 2. The first-order valence-electron chi connectivity index (χ1n) is 7.28. The highest BCUT2D eigenvalue weighted by molar-refractivity contribution is 6.13. The van der Waals surface area contributed by atoms with Gasteiger partial charge in [0.1, 0.15) is 5.71 Å². The molecule has 5 heteroatoms. The van der Waals surface area contributed by atoms with Crippen LogP contribution in [0.1, 0.15) is 22.4 Å². The number of para-hydroxylation sites is 1. The number of oxime groups is 1. The highest BCUT2D eigenvalue weighted by Crippen LogP contribution is 2.13. The Morgan fingerprint density at radius 1 is 1.04 bits per heavy atom. The average Bonchev–Trinajstić information content (AvgIpc) is 2.86. The summed E-state index contributed by atoms with van der Waals surface area (Å²) in [4.78, 5) is 12.8. The van der Waals surface area contributed by atoms with Gasteiger partial charge in [-0.3, -0.25) is 9.89 Å². The molecule has 0 unspecified atom stereocenters. The van der Waals surface area contributed by atoms with E-state index < -0.39 is 0 Å². The summed E-state index contributed by atoms with van der Waals surface area (Å²) >= 11 is 0. The van der Waals surface area contributed by atoms with E-state index >= 15 is 0 Å². The molecule has 3 rings (SSSR count). The second kappa shape index (κ2) is 5.96. The molecule has 0 fully saturated rings. The summed E-state index contributed by atoms with van der Waals surface area (Å²) in [7, 11) is 0. The summed E-state index contributed by atoms with van der Waals surface area (Å²) in [6.45, 7) is 3.76. The van der Waals surface area contributed by atoms with Gasteiger partial charge in [-0.2, -0.15) is 0 Å². The van der Waals surface area contributed by atoms with Crippen molar-refractivity contribution in [3.8, 4) is 5.69 Å². The van der Waals surface area contributed by atoms with Gasteiger partial charge in [0.15, 0.2) is 0 Å². The molecule has 0 bridgehead atoms. The van der Waals surface area contributed by atoms with Crippen LogP contribution >= 0.6 is 0 Å². The number of nitrogens with zero attached hydrogens (tertiary/aromatic N) is 2. The molecule has 1 aromatic heterocycles. The van der Waals surface area contributed by atoms with E-state index in [0.717, 1.165) is 11.3 Å². The van der Waals surface area contributed by atoms with Gasteiger partial charge in [0.05, 0.1) is 11.3 Å². The standard InChI is InChI=1S/C18H17N3O2/c1-12-8-10-14(11-9-12)17(20-23)16-13(2)19-21(18(16)22)15-6-4-3-5-7-15/h3-11,19,23H,1-2H3/b20-17-. The third-order valence-electron chi connectivity index (χ3n) is 3.75. The Hall–Kier alpha value is -3.08. The molecule has 5 nitrogen and oxygen atoms in total. The molecule has 23 heavy (non-hydrogen) atoms. The summed E-state index contributed by atoms with van der Waals surface area (Å²) in [6.07, 6.45) is 0. The molecular weight excluding hydrogens is 290 g/mol. The second-order valence-electron chi connectivity index (χ2n) is 5.40. The van der Waals surface area contributed by atoms with Crippen molar-refractivity contribution in [3.63, 3.8) is 0 Å².